The molecule has 5 heteroatoms. The molecule has 4 nitrogen and oxygen atoms in total. The second-order valence-corrected chi connectivity index (χ2v) is 5.73. The van der Waals surface area contributed by atoms with Crippen LogP contribution >= 0.6 is 11.6 Å². The van der Waals surface area contributed by atoms with E-state index in [1.165, 1.54) is 0 Å². The van der Waals surface area contributed by atoms with E-state index < -0.39 is 0 Å². The van der Waals surface area contributed by atoms with Crippen molar-refractivity contribution in [1.82, 2.24) is 9.38 Å². The highest BCUT2D eigenvalue weighted by Crippen LogP contribution is 2.30. The molecule has 102 valence electrons. The molecule has 0 saturated carbocycles. The molecular formula is C14H18ClN3O. The number of morpholine rings is 1. The van der Waals surface area contributed by atoms with Crippen LogP contribution in [0.25, 0.3) is 5.65 Å². The fourth-order valence-corrected chi connectivity index (χ4v) is 2.87. The first kappa shape index (κ1) is 12.8. The van der Waals surface area contributed by atoms with E-state index in [1.54, 1.807) is 0 Å². The van der Waals surface area contributed by atoms with E-state index in [0.29, 0.717) is 12.5 Å². The van der Waals surface area contributed by atoms with Crippen molar-refractivity contribution in [2.24, 2.45) is 0 Å². The van der Waals surface area contributed by atoms with Crippen LogP contribution < -0.4 is 4.90 Å². The summed E-state index contributed by atoms with van der Waals surface area (Å²) in [6.45, 7) is 6.64. The number of fused-ring (bicyclic) bond motifs is 1. The highest BCUT2D eigenvalue weighted by atomic mass is 35.5. The van der Waals surface area contributed by atoms with Crippen LogP contribution in [0.15, 0.2) is 24.4 Å². The number of hydrogen-bond acceptors (Lipinski definition) is 3. The van der Waals surface area contributed by atoms with E-state index in [0.717, 1.165) is 30.3 Å². The fourth-order valence-electron chi connectivity index (χ4n) is 2.63. The molecule has 2 aromatic rings. The van der Waals surface area contributed by atoms with Gasteiger partial charge in [0.2, 0.25) is 0 Å². The van der Waals surface area contributed by atoms with Gasteiger partial charge in [-0.15, -0.1) is 11.6 Å². The average molecular weight is 280 g/mol. The SMILES string of the molecule is CC1(C)COCCN1c1nc2ccccn2c1CCl. The van der Waals surface area contributed by atoms with Gasteiger partial charge in [-0.25, -0.2) is 4.98 Å². The van der Waals surface area contributed by atoms with Crippen molar-refractivity contribution in [2.75, 3.05) is 24.7 Å². The molecule has 0 amide bonds. The Balaban J connectivity index is 2.13. The van der Waals surface area contributed by atoms with Gasteiger partial charge in [0.1, 0.15) is 5.65 Å². The maximum Gasteiger partial charge on any atom is 0.153 e. The number of aromatic nitrogens is 2. The smallest absolute Gasteiger partial charge is 0.153 e. The Morgan fingerprint density at radius 2 is 2.26 bits per heavy atom. The second-order valence-electron chi connectivity index (χ2n) is 5.46. The average Bonchev–Trinajstić information content (AvgIpc) is 2.76. The number of rotatable bonds is 2. The van der Waals surface area contributed by atoms with E-state index in [9.17, 15) is 0 Å². The quantitative estimate of drug-likeness (QED) is 0.792. The van der Waals surface area contributed by atoms with Crippen molar-refractivity contribution in [2.45, 2.75) is 25.3 Å². The zero-order valence-corrected chi connectivity index (χ0v) is 12.0. The monoisotopic (exact) mass is 279 g/mol. The molecule has 0 unspecified atom stereocenters. The number of nitrogens with zero attached hydrogens (tertiary/aromatic N) is 3. The van der Waals surface area contributed by atoms with Crippen molar-refractivity contribution >= 4 is 23.1 Å². The third kappa shape index (κ3) is 2.09. The van der Waals surface area contributed by atoms with E-state index in [2.05, 4.69) is 23.1 Å². The molecule has 0 radical (unpaired) electrons. The summed E-state index contributed by atoms with van der Waals surface area (Å²) in [6.07, 6.45) is 2.01. The first-order valence-electron chi connectivity index (χ1n) is 6.51. The van der Waals surface area contributed by atoms with Gasteiger partial charge in [0, 0.05) is 12.7 Å². The molecule has 3 rings (SSSR count). The van der Waals surface area contributed by atoms with Crippen LogP contribution in [0, 0.1) is 0 Å². The fraction of sp³-hybridized carbons (Fsp3) is 0.500. The summed E-state index contributed by atoms with van der Waals surface area (Å²) in [7, 11) is 0. The predicted octanol–water partition coefficient (Wildman–Crippen LogP) is 2.69. The lowest BCUT2D eigenvalue weighted by Gasteiger charge is -2.42. The molecule has 0 bridgehead atoms. The van der Waals surface area contributed by atoms with Gasteiger partial charge in [0.05, 0.1) is 30.3 Å². The zero-order chi connectivity index (χ0) is 13.5. The summed E-state index contributed by atoms with van der Waals surface area (Å²) in [6, 6.07) is 6.00. The van der Waals surface area contributed by atoms with Crippen molar-refractivity contribution in [3.8, 4) is 0 Å². The maximum absolute atomic E-state index is 6.15. The molecule has 0 aromatic carbocycles. The first-order valence-corrected chi connectivity index (χ1v) is 7.04. The van der Waals surface area contributed by atoms with E-state index in [1.807, 2.05) is 24.4 Å². The van der Waals surface area contributed by atoms with Gasteiger partial charge in [0.25, 0.3) is 0 Å². The number of pyridine rings is 1. The third-order valence-electron chi connectivity index (χ3n) is 3.64. The molecule has 2 aromatic heterocycles. The Morgan fingerprint density at radius 1 is 1.42 bits per heavy atom. The Morgan fingerprint density at radius 3 is 3.00 bits per heavy atom. The largest absolute Gasteiger partial charge is 0.377 e. The summed E-state index contributed by atoms with van der Waals surface area (Å²) < 4.78 is 7.64. The standard InChI is InChI=1S/C14H18ClN3O/c1-14(2)10-19-8-7-18(14)13-11(9-15)17-6-4-3-5-12(17)16-13/h3-6H,7-10H2,1-2H3. The number of alkyl halides is 1. The molecule has 1 aliphatic rings. The van der Waals surface area contributed by atoms with Gasteiger partial charge < -0.3 is 14.0 Å². The summed E-state index contributed by atoms with van der Waals surface area (Å²) in [4.78, 5) is 7.06. The topological polar surface area (TPSA) is 29.8 Å². The van der Waals surface area contributed by atoms with Crippen molar-refractivity contribution < 1.29 is 4.74 Å². The molecule has 0 spiro atoms. The summed E-state index contributed by atoms with van der Waals surface area (Å²) in [5, 5.41) is 0. The second kappa shape index (κ2) is 4.69. The van der Waals surface area contributed by atoms with Gasteiger partial charge in [-0.2, -0.15) is 0 Å². The number of anilines is 1. The zero-order valence-electron chi connectivity index (χ0n) is 11.3. The summed E-state index contributed by atoms with van der Waals surface area (Å²) in [5.74, 6) is 1.43. The highest BCUT2D eigenvalue weighted by molar-refractivity contribution is 6.17. The van der Waals surface area contributed by atoms with Gasteiger partial charge in [-0.05, 0) is 26.0 Å². The molecular weight excluding hydrogens is 262 g/mol. The predicted molar refractivity (Wildman–Crippen MR) is 77.0 cm³/mol. The number of imidazole rings is 1. The third-order valence-corrected chi connectivity index (χ3v) is 3.89. The highest BCUT2D eigenvalue weighted by Gasteiger charge is 2.33. The number of hydrogen-bond donors (Lipinski definition) is 0. The van der Waals surface area contributed by atoms with Crippen LogP contribution in [0.5, 0.6) is 0 Å². The normalized spacial score (nSPS) is 19.0. The lowest BCUT2D eigenvalue weighted by Crippen LogP contribution is -2.53. The Kier molecular flexibility index (Phi) is 3.15. The van der Waals surface area contributed by atoms with Gasteiger partial charge in [0.15, 0.2) is 5.82 Å². The Bertz CT molecular complexity index is 593. The molecule has 0 aliphatic carbocycles. The van der Waals surface area contributed by atoms with Crippen LogP contribution in [0.1, 0.15) is 19.5 Å². The van der Waals surface area contributed by atoms with Crippen LogP contribution in [0.4, 0.5) is 5.82 Å². The minimum atomic E-state index is -0.0585. The minimum absolute atomic E-state index is 0.0585. The van der Waals surface area contributed by atoms with Gasteiger partial charge in [-0.3, -0.25) is 0 Å². The minimum Gasteiger partial charge on any atom is -0.377 e. The van der Waals surface area contributed by atoms with Crippen LogP contribution in [-0.2, 0) is 10.6 Å². The van der Waals surface area contributed by atoms with Crippen LogP contribution in [-0.4, -0.2) is 34.7 Å². The van der Waals surface area contributed by atoms with Crippen LogP contribution in [0.3, 0.4) is 0 Å². The lowest BCUT2D eigenvalue weighted by atomic mass is 10.0. The molecule has 19 heavy (non-hydrogen) atoms. The molecule has 3 heterocycles. The molecule has 1 fully saturated rings. The van der Waals surface area contributed by atoms with Crippen molar-refractivity contribution in [3.63, 3.8) is 0 Å². The van der Waals surface area contributed by atoms with E-state index in [-0.39, 0.29) is 5.54 Å². The van der Waals surface area contributed by atoms with E-state index in [4.69, 9.17) is 21.3 Å². The summed E-state index contributed by atoms with van der Waals surface area (Å²) >= 11 is 6.15. The first-order chi connectivity index (χ1) is 9.13. The number of halogens is 1. The Hall–Kier alpha value is -1.26. The molecule has 1 aliphatic heterocycles. The van der Waals surface area contributed by atoms with Crippen LogP contribution in [0.2, 0.25) is 0 Å². The van der Waals surface area contributed by atoms with Crippen molar-refractivity contribution in [1.29, 1.82) is 0 Å². The van der Waals surface area contributed by atoms with Crippen molar-refractivity contribution in [3.05, 3.63) is 30.1 Å². The molecule has 1 saturated heterocycles. The molecule has 0 N–H and O–H groups in total. The van der Waals surface area contributed by atoms with Gasteiger partial charge >= 0.3 is 0 Å². The lowest BCUT2D eigenvalue weighted by molar-refractivity contribution is 0.0639. The summed E-state index contributed by atoms with van der Waals surface area (Å²) in [5.41, 5.74) is 1.93. The number of ether oxygens (including phenoxy) is 1. The van der Waals surface area contributed by atoms with Gasteiger partial charge in [-0.1, -0.05) is 6.07 Å². The maximum atomic E-state index is 6.15. The molecule has 0 atom stereocenters. The Labute approximate surface area is 117 Å². The van der Waals surface area contributed by atoms with E-state index >= 15 is 0 Å².